The van der Waals surface area contributed by atoms with Gasteiger partial charge in [0.05, 0.1) is 10.9 Å². The Balaban J connectivity index is 2.47. The number of amides is 1. The largest absolute Gasteiger partial charge is 0.312 e. The number of ketones is 1. The van der Waals surface area contributed by atoms with Gasteiger partial charge in [-0.25, -0.2) is 0 Å². The molecule has 0 N–H and O–H groups in total. The number of benzene rings is 1. The number of anilines is 1. The minimum Gasteiger partial charge on any atom is -0.312 e. The summed E-state index contributed by atoms with van der Waals surface area (Å²) in [6.07, 6.45) is 0.745. The molecule has 0 saturated carbocycles. The first kappa shape index (κ1) is 12.4. The third-order valence-corrected chi connectivity index (χ3v) is 3.42. The molecule has 0 bridgehead atoms. The van der Waals surface area contributed by atoms with Crippen molar-refractivity contribution in [3.8, 4) is 0 Å². The summed E-state index contributed by atoms with van der Waals surface area (Å²) in [5.41, 5.74) is 2.21. The molecule has 0 aromatic heterocycles. The fourth-order valence-corrected chi connectivity index (χ4v) is 2.43. The molecular weight excluding hydrogens is 261 g/mol. The van der Waals surface area contributed by atoms with Crippen LogP contribution < -0.4 is 4.90 Å². The molecule has 1 aliphatic rings. The minimum absolute atomic E-state index is 0.0174. The summed E-state index contributed by atoms with van der Waals surface area (Å²) in [5, 5.41) is 0.350. The van der Waals surface area contributed by atoms with Crippen LogP contribution in [0.15, 0.2) is 12.1 Å². The van der Waals surface area contributed by atoms with E-state index < -0.39 is 0 Å². The van der Waals surface area contributed by atoms with Crippen LogP contribution in [0.2, 0.25) is 5.02 Å². The van der Waals surface area contributed by atoms with Crippen LogP contribution in [0.5, 0.6) is 0 Å². The van der Waals surface area contributed by atoms with E-state index in [2.05, 4.69) is 0 Å². The number of nitrogens with zero attached hydrogens (tertiary/aromatic N) is 1. The molecule has 2 rings (SSSR count). The number of Topliss-reactive ketones (excluding diaryl/α,β-unsaturated/α-hetero) is 1. The number of rotatable bonds is 2. The Morgan fingerprint density at radius 2 is 2.12 bits per heavy atom. The third-order valence-electron chi connectivity index (χ3n) is 2.87. The minimum atomic E-state index is -0.194. The van der Waals surface area contributed by atoms with Crippen LogP contribution in [-0.4, -0.2) is 24.1 Å². The van der Waals surface area contributed by atoms with Crippen molar-refractivity contribution in [2.45, 2.75) is 13.3 Å². The molecule has 1 aromatic rings. The van der Waals surface area contributed by atoms with Crippen molar-refractivity contribution in [3.63, 3.8) is 0 Å². The summed E-state index contributed by atoms with van der Waals surface area (Å²) in [7, 11) is 0. The van der Waals surface area contributed by atoms with Crippen molar-refractivity contribution in [1.82, 2.24) is 0 Å². The third kappa shape index (κ3) is 2.17. The van der Waals surface area contributed by atoms with Gasteiger partial charge in [0, 0.05) is 24.7 Å². The van der Waals surface area contributed by atoms with Crippen molar-refractivity contribution >= 4 is 40.6 Å². The summed E-state index contributed by atoms with van der Waals surface area (Å²) >= 11 is 11.5. The van der Waals surface area contributed by atoms with Crippen molar-refractivity contribution in [2.24, 2.45) is 0 Å². The lowest BCUT2D eigenvalue weighted by Crippen LogP contribution is -2.25. The summed E-state index contributed by atoms with van der Waals surface area (Å²) in [5.74, 6) is -0.299. The second kappa shape index (κ2) is 4.67. The number of hydrogen-bond donors (Lipinski definition) is 0. The number of hydrogen-bond acceptors (Lipinski definition) is 2. The molecular formula is C12H11Cl2NO2. The lowest BCUT2D eigenvalue weighted by molar-refractivity contribution is -0.116. The molecule has 5 heteroatoms. The first-order chi connectivity index (χ1) is 8.04. The molecule has 0 radical (unpaired) electrons. The first-order valence-electron chi connectivity index (χ1n) is 5.24. The van der Waals surface area contributed by atoms with Crippen molar-refractivity contribution in [2.75, 3.05) is 17.3 Å². The molecule has 0 saturated heterocycles. The summed E-state index contributed by atoms with van der Waals surface area (Å²) in [6.45, 7) is 2.15. The van der Waals surface area contributed by atoms with Gasteiger partial charge in [-0.2, -0.15) is 0 Å². The van der Waals surface area contributed by atoms with Crippen LogP contribution in [0.1, 0.15) is 22.8 Å². The second-order valence-electron chi connectivity index (χ2n) is 3.94. The van der Waals surface area contributed by atoms with Gasteiger partial charge in [0.1, 0.15) is 0 Å². The molecule has 0 spiro atoms. The number of fused-ring (bicyclic) bond motifs is 1. The predicted octanol–water partition coefficient (Wildman–Crippen LogP) is 2.67. The van der Waals surface area contributed by atoms with E-state index in [1.807, 2.05) is 0 Å². The number of alkyl halides is 1. The molecule has 90 valence electrons. The Morgan fingerprint density at radius 1 is 1.41 bits per heavy atom. The van der Waals surface area contributed by atoms with E-state index in [4.69, 9.17) is 23.2 Å². The van der Waals surface area contributed by atoms with Gasteiger partial charge in [0.15, 0.2) is 5.78 Å². The highest BCUT2D eigenvalue weighted by atomic mass is 35.5. The lowest BCUT2D eigenvalue weighted by Gasteiger charge is -2.15. The van der Waals surface area contributed by atoms with E-state index in [-0.39, 0.29) is 17.6 Å². The highest BCUT2D eigenvalue weighted by Gasteiger charge is 2.24. The zero-order valence-electron chi connectivity index (χ0n) is 9.30. The molecule has 1 amide bonds. The van der Waals surface area contributed by atoms with Crippen LogP contribution in [0.3, 0.4) is 0 Å². The Kier molecular flexibility index (Phi) is 3.40. The highest BCUT2D eigenvalue weighted by Crippen LogP contribution is 2.33. The van der Waals surface area contributed by atoms with Gasteiger partial charge in [-0.05, 0) is 24.1 Å². The van der Waals surface area contributed by atoms with Gasteiger partial charge >= 0.3 is 0 Å². The maximum atomic E-state index is 11.6. The van der Waals surface area contributed by atoms with Gasteiger partial charge in [0.25, 0.3) is 0 Å². The highest BCUT2D eigenvalue weighted by molar-refractivity contribution is 6.37. The average Bonchev–Trinajstić information content (AvgIpc) is 2.69. The molecule has 17 heavy (non-hydrogen) atoms. The summed E-state index contributed by atoms with van der Waals surface area (Å²) in [6, 6.07) is 3.41. The van der Waals surface area contributed by atoms with Crippen molar-refractivity contribution in [3.05, 3.63) is 28.3 Å². The monoisotopic (exact) mass is 271 g/mol. The molecule has 1 aromatic carbocycles. The fourth-order valence-electron chi connectivity index (χ4n) is 2.02. The molecule has 1 heterocycles. The van der Waals surface area contributed by atoms with Gasteiger partial charge in [-0.1, -0.05) is 11.6 Å². The Hall–Kier alpha value is -1.06. The quantitative estimate of drug-likeness (QED) is 0.613. The van der Waals surface area contributed by atoms with Crippen LogP contribution in [0.25, 0.3) is 0 Å². The number of halogens is 2. The van der Waals surface area contributed by atoms with Gasteiger partial charge in [0.2, 0.25) is 5.91 Å². The van der Waals surface area contributed by atoms with E-state index in [9.17, 15) is 9.59 Å². The van der Waals surface area contributed by atoms with Crippen LogP contribution in [0, 0.1) is 0 Å². The molecule has 3 nitrogen and oxygen atoms in total. The average molecular weight is 272 g/mol. The van der Waals surface area contributed by atoms with Crippen molar-refractivity contribution < 1.29 is 9.59 Å². The van der Waals surface area contributed by atoms with E-state index in [0.717, 1.165) is 17.7 Å². The van der Waals surface area contributed by atoms with Crippen molar-refractivity contribution in [1.29, 1.82) is 0 Å². The Labute approximate surface area is 109 Å². The molecule has 1 aliphatic heterocycles. The van der Waals surface area contributed by atoms with Gasteiger partial charge < -0.3 is 4.90 Å². The zero-order chi connectivity index (χ0) is 12.6. The van der Waals surface area contributed by atoms with Crippen LogP contribution >= 0.6 is 23.2 Å². The topological polar surface area (TPSA) is 37.4 Å². The van der Waals surface area contributed by atoms with Gasteiger partial charge in [-0.3, -0.25) is 9.59 Å². The summed E-state index contributed by atoms with van der Waals surface area (Å²) < 4.78 is 0. The first-order valence-corrected chi connectivity index (χ1v) is 6.15. The molecule has 0 unspecified atom stereocenters. The van der Waals surface area contributed by atoms with E-state index in [0.29, 0.717) is 17.1 Å². The lowest BCUT2D eigenvalue weighted by atomic mass is 10.1. The normalized spacial score (nSPS) is 13.7. The van der Waals surface area contributed by atoms with E-state index in [1.165, 1.54) is 6.92 Å². The van der Waals surface area contributed by atoms with Crippen LogP contribution in [0.4, 0.5) is 5.69 Å². The van der Waals surface area contributed by atoms with E-state index in [1.54, 1.807) is 17.0 Å². The SMILES string of the molecule is CC(=O)N1CCc2cc(C(=O)CCl)c(Cl)cc21. The number of carbonyl (C=O) groups is 2. The number of carbonyl (C=O) groups excluding carboxylic acids is 2. The second-order valence-corrected chi connectivity index (χ2v) is 4.61. The maximum Gasteiger partial charge on any atom is 0.223 e. The Morgan fingerprint density at radius 3 is 2.71 bits per heavy atom. The predicted molar refractivity (Wildman–Crippen MR) is 68.2 cm³/mol. The summed E-state index contributed by atoms with van der Waals surface area (Å²) in [4.78, 5) is 24.6. The molecule has 0 fully saturated rings. The van der Waals surface area contributed by atoms with E-state index >= 15 is 0 Å². The van der Waals surface area contributed by atoms with Crippen LogP contribution in [-0.2, 0) is 11.2 Å². The molecule has 0 atom stereocenters. The maximum absolute atomic E-state index is 11.6. The standard InChI is InChI=1S/C12H11Cl2NO2/c1-7(16)15-3-2-8-4-9(12(17)6-13)10(14)5-11(8)15/h4-5H,2-3,6H2,1H3. The molecule has 0 aliphatic carbocycles. The zero-order valence-corrected chi connectivity index (χ0v) is 10.8. The fraction of sp³-hybridized carbons (Fsp3) is 0.333. The van der Waals surface area contributed by atoms with Gasteiger partial charge in [-0.15, -0.1) is 11.6 Å². The Bertz CT molecular complexity index is 500. The smallest absolute Gasteiger partial charge is 0.223 e.